The highest BCUT2D eigenvalue weighted by Crippen LogP contribution is 2.14. The Hall–Kier alpha value is -3.00. The molecule has 0 aliphatic carbocycles. The van der Waals surface area contributed by atoms with Crippen molar-refractivity contribution in [3.63, 3.8) is 0 Å². The Kier molecular flexibility index (Phi) is 5.21. The quantitative estimate of drug-likeness (QED) is 0.719. The molecule has 4 rings (SSSR count). The van der Waals surface area contributed by atoms with Gasteiger partial charge in [0.15, 0.2) is 0 Å². The molecule has 28 heavy (non-hydrogen) atoms. The first-order valence-corrected chi connectivity index (χ1v) is 9.47. The number of piperidine rings is 1. The monoisotopic (exact) mass is 381 g/mol. The lowest BCUT2D eigenvalue weighted by molar-refractivity contribution is -0.122. The topological polar surface area (TPSA) is 93.3 Å². The van der Waals surface area contributed by atoms with Crippen LogP contribution in [0.4, 0.5) is 0 Å². The smallest absolute Gasteiger partial charge is 0.267 e. The molecule has 3 aromatic rings. The van der Waals surface area contributed by atoms with Crippen molar-refractivity contribution in [3.05, 3.63) is 58.3 Å². The first-order valence-electron chi connectivity index (χ1n) is 9.47. The first kappa shape index (κ1) is 18.4. The second-order valence-electron chi connectivity index (χ2n) is 7.23. The van der Waals surface area contributed by atoms with E-state index in [1.807, 2.05) is 6.07 Å². The van der Waals surface area contributed by atoms with Crippen LogP contribution in [-0.2, 0) is 17.9 Å². The Morgan fingerprint density at radius 1 is 1.25 bits per heavy atom. The molecular weight excluding hydrogens is 358 g/mol. The largest absolute Gasteiger partial charge is 0.352 e. The maximum atomic E-state index is 12.5. The zero-order valence-electron chi connectivity index (χ0n) is 15.8. The molecule has 0 bridgehead atoms. The summed E-state index contributed by atoms with van der Waals surface area (Å²) < 4.78 is 6.28. The van der Waals surface area contributed by atoms with Crippen LogP contribution in [0.3, 0.4) is 0 Å². The SMILES string of the molecule is Cc1noc2ncn(CC(=O)NC3CCN(Cc4ccccc4)CC3)c(=O)c12. The Morgan fingerprint density at radius 3 is 2.75 bits per heavy atom. The number of rotatable bonds is 5. The average molecular weight is 381 g/mol. The van der Waals surface area contributed by atoms with Gasteiger partial charge in [0, 0.05) is 25.7 Å². The molecule has 0 radical (unpaired) electrons. The number of carbonyl (C=O) groups excluding carboxylic acids is 1. The fourth-order valence-corrected chi connectivity index (χ4v) is 3.63. The Labute approximate surface area is 162 Å². The zero-order valence-corrected chi connectivity index (χ0v) is 15.8. The first-order chi connectivity index (χ1) is 13.6. The Bertz CT molecular complexity index is 1020. The Morgan fingerprint density at radius 2 is 2.00 bits per heavy atom. The van der Waals surface area contributed by atoms with Crippen molar-refractivity contribution < 1.29 is 9.32 Å². The molecule has 1 aromatic carbocycles. The third kappa shape index (κ3) is 3.96. The fraction of sp³-hybridized carbons (Fsp3) is 0.400. The molecule has 8 nitrogen and oxygen atoms in total. The molecule has 2 aromatic heterocycles. The predicted molar refractivity (Wildman–Crippen MR) is 104 cm³/mol. The van der Waals surface area contributed by atoms with Crippen molar-refractivity contribution in [1.82, 2.24) is 24.9 Å². The summed E-state index contributed by atoms with van der Waals surface area (Å²) in [5.74, 6) is -0.182. The molecule has 1 saturated heterocycles. The minimum absolute atomic E-state index is 0.0589. The van der Waals surface area contributed by atoms with Crippen LogP contribution in [0.1, 0.15) is 24.1 Å². The molecule has 1 aliphatic rings. The molecule has 8 heteroatoms. The third-order valence-corrected chi connectivity index (χ3v) is 5.15. The summed E-state index contributed by atoms with van der Waals surface area (Å²) in [6.07, 6.45) is 3.13. The Balaban J connectivity index is 1.31. The fourth-order valence-electron chi connectivity index (χ4n) is 3.63. The summed E-state index contributed by atoms with van der Waals surface area (Å²) >= 11 is 0. The number of likely N-dealkylation sites (tertiary alicyclic amines) is 1. The van der Waals surface area contributed by atoms with Crippen LogP contribution < -0.4 is 10.9 Å². The molecule has 3 heterocycles. The van der Waals surface area contributed by atoms with Crippen molar-refractivity contribution >= 4 is 17.0 Å². The van der Waals surface area contributed by atoms with E-state index >= 15 is 0 Å². The lowest BCUT2D eigenvalue weighted by Crippen LogP contribution is -2.45. The number of hydrogen-bond acceptors (Lipinski definition) is 6. The van der Waals surface area contributed by atoms with Crippen molar-refractivity contribution in [1.29, 1.82) is 0 Å². The number of hydrogen-bond donors (Lipinski definition) is 1. The van der Waals surface area contributed by atoms with E-state index in [1.165, 1.54) is 16.5 Å². The van der Waals surface area contributed by atoms with Crippen molar-refractivity contribution in [3.8, 4) is 0 Å². The normalized spacial score (nSPS) is 15.8. The lowest BCUT2D eigenvalue weighted by atomic mass is 10.0. The van der Waals surface area contributed by atoms with Crippen LogP contribution in [0.2, 0.25) is 0 Å². The van der Waals surface area contributed by atoms with Crippen LogP contribution in [-0.4, -0.2) is 44.6 Å². The van der Waals surface area contributed by atoms with Gasteiger partial charge in [-0.1, -0.05) is 35.5 Å². The molecule has 1 N–H and O–H groups in total. The van der Waals surface area contributed by atoms with Crippen molar-refractivity contribution in [2.75, 3.05) is 13.1 Å². The summed E-state index contributed by atoms with van der Waals surface area (Å²) in [4.78, 5) is 31.4. The third-order valence-electron chi connectivity index (χ3n) is 5.15. The number of carbonyl (C=O) groups is 1. The van der Waals surface area contributed by atoms with Crippen LogP contribution in [0, 0.1) is 6.92 Å². The molecule has 1 aliphatic heterocycles. The van der Waals surface area contributed by atoms with Gasteiger partial charge in [-0.25, -0.2) is 4.98 Å². The summed E-state index contributed by atoms with van der Waals surface area (Å²) in [7, 11) is 0. The number of aromatic nitrogens is 3. The molecule has 0 atom stereocenters. The van der Waals surface area contributed by atoms with Gasteiger partial charge in [-0.3, -0.25) is 19.1 Å². The second-order valence-corrected chi connectivity index (χ2v) is 7.23. The molecule has 1 amide bonds. The molecule has 146 valence electrons. The summed E-state index contributed by atoms with van der Waals surface area (Å²) in [6, 6.07) is 10.5. The van der Waals surface area contributed by atoms with Gasteiger partial charge < -0.3 is 9.84 Å². The van der Waals surface area contributed by atoms with E-state index in [1.54, 1.807) is 6.92 Å². The molecule has 0 unspecified atom stereocenters. The van der Waals surface area contributed by atoms with E-state index in [9.17, 15) is 9.59 Å². The van der Waals surface area contributed by atoms with Gasteiger partial charge in [0.1, 0.15) is 18.3 Å². The number of nitrogens with one attached hydrogen (secondary N) is 1. The van der Waals surface area contributed by atoms with Gasteiger partial charge in [-0.05, 0) is 25.3 Å². The number of amides is 1. The average Bonchev–Trinajstić information content (AvgIpc) is 3.08. The van der Waals surface area contributed by atoms with Gasteiger partial charge >= 0.3 is 0 Å². The summed E-state index contributed by atoms with van der Waals surface area (Å²) in [5, 5.41) is 7.12. The van der Waals surface area contributed by atoms with Gasteiger partial charge in [-0.15, -0.1) is 0 Å². The minimum Gasteiger partial charge on any atom is -0.352 e. The van der Waals surface area contributed by atoms with Crippen molar-refractivity contribution in [2.24, 2.45) is 0 Å². The van der Waals surface area contributed by atoms with Gasteiger partial charge in [0.25, 0.3) is 11.3 Å². The predicted octanol–water partition coefficient (Wildman–Crippen LogP) is 1.47. The van der Waals surface area contributed by atoms with E-state index in [4.69, 9.17) is 4.52 Å². The van der Waals surface area contributed by atoms with Gasteiger partial charge in [0.2, 0.25) is 5.91 Å². The maximum Gasteiger partial charge on any atom is 0.267 e. The minimum atomic E-state index is -0.309. The highest BCUT2D eigenvalue weighted by Gasteiger charge is 2.21. The lowest BCUT2D eigenvalue weighted by Gasteiger charge is -2.32. The second kappa shape index (κ2) is 7.93. The van der Waals surface area contributed by atoms with Crippen LogP contribution in [0.15, 0.2) is 46.0 Å². The van der Waals surface area contributed by atoms with E-state index < -0.39 is 0 Å². The van der Waals surface area contributed by atoms with E-state index in [0.29, 0.717) is 11.1 Å². The standard InChI is InChI=1S/C20H23N5O3/c1-14-18-19(28-23-14)21-13-25(20(18)27)12-17(26)22-16-7-9-24(10-8-16)11-15-5-3-2-4-6-15/h2-6,13,16H,7-12H2,1H3,(H,22,26). The van der Waals surface area contributed by atoms with Crippen LogP contribution in [0.25, 0.3) is 11.1 Å². The summed E-state index contributed by atoms with van der Waals surface area (Å²) in [5.41, 5.74) is 1.67. The van der Waals surface area contributed by atoms with E-state index in [-0.39, 0.29) is 29.8 Å². The van der Waals surface area contributed by atoms with Gasteiger partial charge in [0.05, 0.1) is 5.69 Å². The van der Waals surface area contributed by atoms with Crippen LogP contribution >= 0.6 is 0 Å². The molecule has 0 saturated carbocycles. The number of fused-ring (bicyclic) bond motifs is 1. The van der Waals surface area contributed by atoms with E-state index in [0.717, 1.165) is 32.5 Å². The maximum absolute atomic E-state index is 12.5. The molecule has 0 spiro atoms. The number of nitrogens with zero attached hydrogens (tertiary/aromatic N) is 4. The van der Waals surface area contributed by atoms with Gasteiger partial charge in [-0.2, -0.15) is 0 Å². The summed E-state index contributed by atoms with van der Waals surface area (Å²) in [6.45, 7) is 4.43. The van der Waals surface area contributed by atoms with Crippen molar-refractivity contribution in [2.45, 2.75) is 38.9 Å². The number of benzene rings is 1. The zero-order chi connectivity index (χ0) is 19.5. The highest BCUT2D eigenvalue weighted by molar-refractivity contribution is 5.77. The van der Waals surface area contributed by atoms with Crippen LogP contribution in [0.5, 0.6) is 0 Å². The number of aryl methyl sites for hydroxylation is 1. The van der Waals surface area contributed by atoms with E-state index in [2.05, 4.69) is 44.6 Å². The molecular formula is C20H23N5O3. The highest BCUT2D eigenvalue weighted by atomic mass is 16.5. The molecule has 1 fully saturated rings.